The van der Waals surface area contributed by atoms with Gasteiger partial charge in [0.05, 0.1) is 0 Å². The molecule has 1 aromatic carbocycles. The minimum absolute atomic E-state index is 0.162. The first-order chi connectivity index (χ1) is 9.74. The van der Waals surface area contributed by atoms with E-state index in [1.165, 1.54) is 17.5 Å². The number of pyridine rings is 1. The van der Waals surface area contributed by atoms with Gasteiger partial charge in [-0.1, -0.05) is 24.3 Å². The predicted octanol–water partition coefficient (Wildman–Crippen LogP) is 4.08. The molecule has 20 heavy (non-hydrogen) atoms. The molecular weight excluding hydrogens is 246 g/mol. The molecule has 1 aliphatic rings. The lowest BCUT2D eigenvalue weighted by atomic mass is 9.80. The molecule has 0 radical (unpaired) electrons. The number of aryl methyl sites for hydroxylation is 2. The summed E-state index contributed by atoms with van der Waals surface area (Å²) >= 11 is 0. The van der Waals surface area contributed by atoms with Gasteiger partial charge < -0.3 is 0 Å². The van der Waals surface area contributed by atoms with Crippen molar-refractivity contribution in [3.63, 3.8) is 0 Å². The minimum Gasteiger partial charge on any atom is -0.292 e. The van der Waals surface area contributed by atoms with Crippen LogP contribution in [0.15, 0.2) is 42.6 Å². The van der Waals surface area contributed by atoms with Crippen molar-refractivity contribution in [3.8, 4) is 0 Å². The zero-order chi connectivity index (χ0) is 13.9. The van der Waals surface area contributed by atoms with Gasteiger partial charge in [-0.2, -0.15) is 0 Å². The number of nitrogens with zero attached hydrogens (tertiary/aromatic N) is 1. The lowest BCUT2D eigenvalue weighted by Crippen LogP contribution is -2.14. The molecule has 0 saturated carbocycles. The molecule has 0 N–H and O–H groups in total. The highest BCUT2D eigenvalue weighted by Crippen LogP contribution is 2.34. The summed E-state index contributed by atoms with van der Waals surface area (Å²) in [5, 5.41) is 0. The molecule has 0 saturated heterocycles. The van der Waals surface area contributed by atoms with Crippen LogP contribution < -0.4 is 0 Å². The fourth-order valence-electron chi connectivity index (χ4n) is 3.08. The largest absolute Gasteiger partial charge is 0.292 e. The van der Waals surface area contributed by atoms with Gasteiger partial charge in [0.1, 0.15) is 5.69 Å². The Balaban J connectivity index is 1.81. The number of Topliss-reactive ketones (excluding diaryl/α,β-unsaturated/α-hetero) is 1. The van der Waals surface area contributed by atoms with Crippen LogP contribution in [0.4, 0.5) is 0 Å². The first kappa shape index (κ1) is 13.0. The number of benzene rings is 1. The summed E-state index contributed by atoms with van der Waals surface area (Å²) in [6.07, 6.45) is 5.72. The van der Waals surface area contributed by atoms with Gasteiger partial charge in [-0.3, -0.25) is 9.78 Å². The van der Waals surface area contributed by atoms with Crippen LogP contribution >= 0.6 is 0 Å². The van der Waals surface area contributed by atoms with Crippen molar-refractivity contribution in [3.05, 3.63) is 65.0 Å². The third kappa shape index (κ3) is 2.64. The van der Waals surface area contributed by atoms with Gasteiger partial charge in [-0.25, -0.2) is 0 Å². The topological polar surface area (TPSA) is 30.0 Å². The van der Waals surface area contributed by atoms with Crippen LogP contribution in [0.2, 0.25) is 0 Å². The van der Waals surface area contributed by atoms with Crippen LogP contribution in [0, 0.1) is 6.92 Å². The molecule has 1 aliphatic carbocycles. The van der Waals surface area contributed by atoms with Gasteiger partial charge in [0, 0.05) is 12.6 Å². The fraction of sp³-hybridized carbons (Fsp3) is 0.333. The molecule has 0 fully saturated rings. The average Bonchev–Trinajstić information content (AvgIpc) is 2.47. The van der Waals surface area contributed by atoms with Crippen LogP contribution in [0.25, 0.3) is 0 Å². The van der Waals surface area contributed by atoms with Crippen molar-refractivity contribution in [2.45, 2.75) is 38.5 Å². The summed E-state index contributed by atoms with van der Waals surface area (Å²) in [6.45, 7) is 1.99. The lowest BCUT2D eigenvalue weighted by molar-refractivity contribution is 0.0966. The van der Waals surface area contributed by atoms with Gasteiger partial charge in [0.15, 0.2) is 5.78 Å². The van der Waals surface area contributed by atoms with E-state index in [9.17, 15) is 4.79 Å². The van der Waals surface area contributed by atoms with Gasteiger partial charge in [0.25, 0.3) is 0 Å². The summed E-state index contributed by atoms with van der Waals surface area (Å²) in [5.41, 5.74) is 4.47. The zero-order valence-electron chi connectivity index (χ0n) is 11.8. The van der Waals surface area contributed by atoms with Gasteiger partial charge in [0.2, 0.25) is 0 Å². The zero-order valence-corrected chi connectivity index (χ0v) is 11.8. The van der Waals surface area contributed by atoms with E-state index in [2.05, 4.69) is 29.2 Å². The number of fused-ring (bicyclic) bond motifs is 1. The number of hydrogen-bond acceptors (Lipinski definition) is 2. The number of carbonyl (C=O) groups excluding carboxylic acids is 1. The third-order valence-electron chi connectivity index (χ3n) is 4.13. The van der Waals surface area contributed by atoms with Crippen molar-refractivity contribution < 1.29 is 4.79 Å². The quantitative estimate of drug-likeness (QED) is 0.783. The summed E-state index contributed by atoms with van der Waals surface area (Å²) in [7, 11) is 0. The molecule has 0 bridgehead atoms. The van der Waals surface area contributed by atoms with Crippen LogP contribution in [0.1, 0.15) is 52.4 Å². The van der Waals surface area contributed by atoms with Crippen molar-refractivity contribution in [1.29, 1.82) is 0 Å². The maximum absolute atomic E-state index is 12.4. The minimum atomic E-state index is 0.162. The Kier molecular flexibility index (Phi) is 3.64. The van der Waals surface area contributed by atoms with Crippen LogP contribution in [0.3, 0.4) is 0 Å². The lowest BCUT2D eigenvalue weighted by Gasteiger charge is -2.24. The second kappa shape index (κ2) is 5.58. The molecule has 1 atom stereocenters. The van der Waals surface area contributed by atoms with Crippen LogP contribution in [0.5, 0.6) is 0 Å². The Bertz CT molecular complexity index is 633. The smallest absolute Gasteiger partial charge is 0.181 e. The number of hydrogen-bond donors (Lipinski definition) is 0. The summed E-state index contributed by atoms with van der Waals surface area (Å²) < 4.78 is 0. The van der Waals surface area contributed by atoms with Crippen molar-refractivity contribution in [1.82, 2.24) is 4.98 Å². The second-order valence-corrected chi connectivity index (χ2v) is 5.63. The fourth-order valence-corrected chi connectivity index (χ4v) is 3.08. The van der Waals surface area contributed by atoms with E-state index in [4.69, 9.17) is 0 Å². The van der Waals surface area contributed by atoms with E-state index < -0.39 is 0 Å². The molecule has 1 unspecified atom stereocenters. The molecule has 102 valence electrons. The highest BCUT2D eigenvalue weighted by Gasteiger charge is 2.23. The monoisotopic (exact) mass is 265 g/mol. The molecule has 2 nitrogen and oxygen atoms in total. The van der Waals surface area contributed by atoms with E-state index in [1.54, 1.807) is 6.20 Å². The molecule has 2 aromatic rings. The normalized spacial score (nSPS) is 17.6. The third-order valence-corrected chi connectivity index (χ3v) is 4.13. The Morgan fingerprint density at radius 3 is 3.00 bits per heavy atom. The summed E-state index contributed by atoms with van der Waals surface area (Å²) in [4.78, 5) is 16.6. The van der Waals surface area contributed by atoms with E-state index in [0.29, 0.717) is 18.0 Å². The Morgan fingerprint density at radius 1 is 1.30 bits per heavy atom. The molecule has 0 aliphatic heterocycles. The molecule has 1 heterocycles. The number of carbonyl (C=O) groups is 1. The van der Waals surface area contributed by atoms with Gasteiger partial charge in [-0.05, 0) is 60.9 Å². The molecule has 0 amide bonds. The first-order valence-electron chi connectivity index (χ1n) is 7.27. The maximum Gasteiger partial charge on any atom is 0.181 e. The van der Waals surface area contributed by atoms with Crippen LogP contribution in [-0.4, -0.2) is 10.8 Å². The summed E-state index contributed by atoms with van der Waals surface area (Å²) in [5.74, 6) is 0.519. The predicted molar refractivity (Wildman–Crippen MR) is 80.0 cm³/mol. The highest BCUT2D eigenvalue weighted by atomic mass is 16.1. The standard InChI is InChI=1S/C18H19NO/c1-13-9-10-19-17(11-13)18(20)12-15-7-4-6-14-5-2-3-8-16(14)15/h2-3,5,8-11,15H,4,6-7,12H2,1H3. The number of ketones is 1. The summed E-state index contributed by atoms with van der Waals surface area (Å²) in [6, 6.07) is 12.3. The van der Waals surface area contributed by atoms with Crippen molar-refractivity contribution >= 4 is 5.78 Å². The van der Waals surface area contributed by atoms with Crippen molar-refractivity contribution in [2.75, 3.05) is 0 Å². The van der Waals surface area contributed by atoms with Gasteiger partial charge >= 0.3 is 0 Å². The highest BCUT2D eigenvalue weighted by molar-refractivity contribution is 5.94. The van der Waals surface area contributed by atoms with Gasteiger partial charge in [-0.15, -0.1) is 0 Å². The Labute approximate surface area is 119 Å². The average molecular weight is 265 g/mol. The molecular formula is C18H19NO. The first-order valence-corrected chi connectivity index (χ1v) is 7.27. The number of rotatable bonds is 3. The van der Waals surface area contributed by atoms with E-state index in [-0.39, 0.29) is 5.78 Å². The Hall–Kier alpha value is -1.96. The number of aromatic nitrogens is 1. The molecule has 3 rings (SSSR count). The molecule has 1 aromatic heterocycles. The molecule has 2 heteroatoms. The van der Waals surface area contributed by atoms with E-state index >= 15 is 0 Å². The SMILES string of the molecule is Cc1ccnc(C(=O)CC2CCCc3ccccc32)c1. The maximum atomic E-state index is 12.4. The Morgan fingerprint density at radius 2 is 2.15 bits per heavy atom. The van der Waals surface area contributed by atoms with E-state index in [0.717, 1.165) is 18.4 Å². The van der Waals surface area contributed by atoms with Crippen molar-refractivity contribution in [2.24, 2.45) is 0 Å². The molecule has 0 spiro atoms. The van der Waals surface area contributed by atoms with E-state index in [1.807, 2.05) is 19.1 Å². The van der Waals surface area contributed by atoms with Crippen LogP contribution in [-0.2, 0) is 6.42 Å². The second-order valence-electron chi connectivity index (χ2n) is 5.63.